The number of ether oxygens (including phenoxy) is 6. The topological polar surface area (TPSA) is 122 Å². The van der Waals surface area contributed by atoms with Crippen molar-refractivity contribution in [3.8, 4) is 34.6 Å². The summed E-state index contributed by atoms with van der Waals surface area (Å²) in [4.78, 5) is 36.9. The summed E-state index contributed by atoms with van der Waals surface area (Å²) in [5.74, 6) is 0.730. The van der Waals surface area contributed by atoms with Crippen LogP contribution in [0.5, 0.6) is 23.5 Å². The van der Waals surface area contributed by atoms with E-state index in [0.29, 0.717) is 65.3 Å². The Kier molecular flexibility index (Phi) is 14.1. The lowest BCUT2D eigenvalue weighted by atomic mass is 9.92. The summed E-state index contributed by atoms with van der Waals surface area (Å²) in [6.45, 7) is 12.7. The van der Waals surface area contributed by atoms with Gasteiger partial charge in [-0.25, -0.2) is 0 Å². The van der Waals surface area contributed by atoms with Gasteiger partial charge in [0.2, 0.25) is 23.5 Å². The molecule has 0 spiro atoms. The zero-order valence-electron chi connectivity index (χ0n) is 30.5. The lowest BCUT2D eigenvalue weighted by molar-refractivity contribution is 0.0318. The van der Waals surface area contributed by atoms with Gasteiger partial charge in [-0.1, -0.05) is 59.6 Å². The summed E-state index contributed by atoms with van der Waals surface area (Å²) in [5.41, 5.74) is 6.50. The minimum atomic E-state index is 0.182. The molecule has 2 aromatic heterocycles. The molecule has 0 bridgehead atoms. The lowest BCUT2D eigenvalue weighted by Gasteiger charge is -2.26. The van der Waals surface area contributed by atoms with Crippen molar-refractivity contribution in [2.75, 3.05) is 78.9 Å². The van der Waals surface area contributed by atoms with Crippen LogP contribution >= 0.6 is 23.2 Å². The molecule has 2 fully saturated rings. The second-order valence-corrected chi connectivity index (χ2v) is 13.8. The number of carbonyl (C=O) groups excluding carboxylic acids is 2. The number of aldehydes is 2. The second-order valence-electron chi connectivity index (χ2n) is 12.9. The van der Waals surface area contributed by atoms with Crippen LogP contribution in [0.1, 0.15) is 43.0 Å². The van der Waals surface area contributed by atoms with Crippen LogP contribution in [-0.2, 0) is 22.7 Å². The van der Waals surface area contributed by atoms with Gasteiger partial charge in [0, 0.05) is 39.3 Å². The standard InChI is InChI=1S/C40H44Cl2N4O8/c1-27-29(25-53-39-35(41)21-31(23-47)37(43-39)51-19-13-45-9-15-49-16-10-45)5-3-7-33(27)34-8-4-6-30(28(34)2)26-54-40-36(42)22-32(24-48)38(44-40)52-20-14-46-11-17-50-18-12-46/h3-8,21-24H,9-20,25-26H2,1-2H3. The minimum Gasteiger partial charge on any atom is -0.476 e. The van der Waals surface area contributed by atoms with Crippen molar-refractivity contribution in [3.05, 3.63) is 92.0 Å². The van der Waals surface area contributed by atoms with Gasteiger partial charge in [0.1, 0.15) is 36.5 Å². The number of aromatic nitrogens is 2. The fourth-order valence-corrected chi connectivity index (χ4v) is 6.72. The smallest absolute Gasteiger partial charge is 0.236 e. The van der Waals surface area contributed by atoms with Crippen LogP contribution in [0.25, 0.3) is 11.1 Å². The molecule has 2 aliphatic rings. The molecular weight excluding hydrogens is 735 g/mol. The number of halogens is 2. The van der Waals surface area contributed by atoms with E-state index in [0.717, 1.165) is 59.6 Å². The van der Waals surface area contributed by atoms with Gasteiger partial charge in [-0.15, -0.1) is 0 Å². The first-order chi connectivity index (χ1) is 26.3. The molecule has 2 aromatic carbocycles. The zero-order chi connectivity index (χ0) is 37.9. The highest BCUT2D eigenvalue weighted by molar-refractivity contribution is 6.32. The molecule has 286 valence electrons. The van der Waals surface area contributed by atoms with Crippen LogP contribution in [0.4, 0.5) is 0 Å². The molecule has 12 nitrogen and oxygen atoms in total. The van der Waals surface area contributed by atoms with Crippen molar-refractivity contribution in [3.63, 3.8) is 0 Å². The average Bonchev–Trinajstić information content (AvgIpc) is 3.19. The third kappa shape index (κ3) is 10.1. The zero-order valence-corrected chi connectivity index (χ0v) is 32.0. The summed E-state index contributed by atoms with van der Waals surface area (Å²) in [6.07, 6.45) is 1.35. The molecule has 0 N–H and O–H groups in total. The molecule has 0 unspecified atom stereocenters. The molecule has 14 heteroatoms. The van der Waals surface area contributed by atoms with E-state index in [-0.39, 0.29) is 57.9 Å². The number of pyridine rings is 2. The van der Waals surface area contributed by atoms with Crippen molar-refractivity contribution >= 4 is 35.8 Å². The molecule has 0 atom stereocenters. The maximum atomic E-state index is 11.8. The molecule has 4 aromatic rings. The van der Waals surface area contributed by atoms with E-state index < -0.39 is 0 Å². The van der Waals surface area contributed by atoms with E-state index in [9.17, 15) is 9.59 Å². The molecule has 2 saturated heterocycles. The Labute approximate surface area is 325 Å². The molecule has 54 heavy (non-hydrogen) atoms. The first kappa shape index (κ1) is 39.4. The van der Waals surface area contributed by atoms with E-state index in [1.807, 2.05) is 38.1 Å². The molecular formula is C40H44Cl2N4O8. The van der Waals surface area contributed by atoms with E-state index in [1.54, 1.807) is 0 Å². The van der Waals surface area contributed by atoms with Gasteiger partial charge in [-0.2, -0.15) is 9.97 Å². The van der Waals surface area contributed by atoms with Crippen LogP contribution in [0, 0.1) is 13.8 Å². The maximum absolute atomic E-state index is 11.8. The highest BCUT2D eigenvalue weighted by Gasteiger charge is 2.19. The van der Waals surface area contributed by atoms with Crippen LogP contribution < -0.4 is 18.9 Å². The molecule has 0 saturated carbocycles. The fraction of sp³-hybridized carbons (Fsp3) is 0.400. The number of nitrogens with zero attached hydrogens (tertiary/aromatic N) is 4. The summed E-state index contributed by atoms with van der Waals surface area (Å²) in [7, 11) is 0. The van der Waals surface area contributed by atoms with Gasteiger partial charge in [-0.05, 0) is 59.4 Å². The third-order valence-corrected chi connectivity index (χ3v) is 10.1. The van der Waals surface area contributed by atoms with Gasteiger partial charge >= 0.3 is 0 Å². The van der Waals surface area contributed by atoms with E-state index in [2.05, 4.69) is 31.9 Å². The molecule has 0 aliphatic carbocycles. The largest absolute Gasteiger partial charge is 0.476 e. The van der Waals surface area contributed by atoms with Gasteiger partial charge in [0.05, 0.1) is 37.6 Å². The number of hydrogen-bond donors (Lipinski definition) is 0. The summed E-state index contributed by atoms with van der Waals surface area (Å²) in [6, 6.07) is 15.1. The highest BCUT2D eigenvalue weighted by atomic mass is 35.5. The molecule has 6 rings (SSSR count). The monoisotopic (exact) mass is 778 g/mol. The number of morpholine rings is 2. The van der Waals surface area contributed by atoms with Gasteiger partial charge in [0.25, 0.3) is 0 Å². The van der Waals surface area contributed by atoms with E-state index in [1.165, 1.54) is 12.1 Å². The third-order valence-electron chi connectivity index (χ3n) is 9.54. The van der Waals surface area contributed by atoms with E-state index in [4.69, 9.17) is 51.6 Å². The molecule has 4 heterocycles. The molecule has 2 aliphatic heterocycles. The second kappa shape index (κ2) is 19.3. The predicted molar refractivity (Wildman–Crippen MR) is 205 cm³/mol. The number of carbonyl (C=O) groups is 2. The predicted octanol–water partition coefficient (Wildman–Crippen LogP) is 6.27. The Hall–Kier alpha value is -4.30. The maximum Gasteiger partial charge on any atom is 0.236 e. The average molecular weight is 780 g/mol. The Balaban J connectivity index is 1.12. The fourth-order valence-electron chi connectivity index (χ4n) is 6.29. The van der Waals surface area contributed by atoms with Crippen LogP contribution in [-0.4, -0.2) is 111 Å². The van der Waals surface area contributed by atoms with Gasteiger partial charge in [0.15, 0.2) is 12.6 Å². The van der Waals surface area contributed by atoms with Crippen LogP contribution in [0.2, 0.25) is 10.0 Å². The van der Waals surface area contributed by atoms with Crippen LogP contribution in [0.3, 0.4) is 0 Å². The Morgan fingerprint density at radius 2 is 1.04 bits per heavy atom. The van der Waals surface area contributed by atoms with Crippen molar-refractivity contribution < 1.29 is 38.0 Å². The van der Waals surface area contributed by atoms with E-state index >= 15 is 0 Å². The minimum absolute atomic E-state index is 0.182. The SMILES string of the molecule is Cc1c(COc2nc(OCCN3CCOCC3)c(C=O)cc2Cl)cccc1-c1cccc(COc2nc(OCCN3CCOCC3)c(C=O)cc2Cl)c1C. The number of rotatable bonds is 17. The van der Waals surface area contributed by atoms with Crippen LogP contribution in [0.15, 0.2) is 48.5 Å². The normalized spacial score (nSPS) is 15.1. The summed E-state index contributed by atoms with van der Waals surface area (Å²) < 4.78 is 34.9. The Morgan fingerprint density at radius 1 is 0.630 bits per heavy atom. The van der Waals surface area contributed by atoms with Gasteiger partial charge < -0.3 is 28.4 Å². The Bertz CT molecular complexity index is 1780. The quantitative estimate of drug-likeness (QED) is 0.112. The van der Waals surface area contributed by atoms with Gasteiger partial charge in [-0.3, -0.25) is 19.4 Å². The van der Waals surface area contributed by atoms with Crippen molar-refractivity contribution in [1.82, 2.24) is 19.8 Å². The first-order valence-electron chi connectivity index (χ1n) is 17.9. The van der Waals surface area contributed by atoms with Crippen molar-refractivity contribution in [2.45, 2.75) is 27.1 Å². The van der Waals surface area contributed by atoms with Crippen molar-refractivity contribution in [2.24, 2.45) is 0 Å². The molecule has 0 amide bonds. The highest BCUT2D eigenvalue weighted by Crippen LogP contribution is 2.34. The summed E-state index contributed by atoms with van der Waals surface area (Å²) in [5, 5.41) is 0.439. The van der Waals surface area contributed by atoms with Crippen molar-refractivity contribution in [1.29, 1.82) is 0 Å². The lowest BCUT2D eigenvalue weighted by Crippen LogP contribution is -2.38. The first-order valence-corrected chi connectivity index (χ1v) is 18.7. The Morgan fingerprint density at radius 3 is 1.43 bits per heavy atom. The summed E-state index contributed by atoms with van der Waals surface area (Å²) >= 11 is 13.0. The molecule has 0 radical (unpaired) electrons. The number of hydrogen-bond acceptors (Lipinski definition) is 12. The number of benzene rings is 2.